The molecule has 6 heteroatoms. The smallest absolute Gasteiger partial charge is 0.306 e. The van der Waals surface area contributed by atoms with Gasteiger partial charge < -0.3 is 14.2 Å². The van der Waals surface area contributed by atoms with Crippen molar-refractivity contribution in [1.29, 1.82) is 0 Å². The number of allylic oxidation sites excluding steroid dienone is 14. The molecule has 6 nitrogen and oxygen atoms in total. The molecule has 312 valence electrons. The zero-order valence-electron chi connectivity index (χ0n) is 35.4. The molecule has 0 amide bonds. The van der Waals surface area contributed by atoms with E-state index in [9.17, 15) is 14.4 Å². The van der Waals surface area contributed by atoms with Crippen LogP contribution in [0.15, 0.2) is 85.1 Å². The van der Waals surface area contributed by atoms with Gasteiger partial charge in [0.1, 0.15) is 13.2 Å². The molecule has 1 atom stereocenters. The van der Waals surface area contributed by atoms with Crippen LogP contribution < -0.4 is 0 Å². The van der Waals surface area contributed by atoms with Gasteiger partial charge in [-0.1, -0.05) is 157 Å². The maximum Gasteiger partial charge on any atom is 0.306 e. The van der Waals surface area contributed by atoms with Gasteiger partial charge in [-0.2, -0.15) is 0 Å². The third-order valence-electron chi connectivity index (χ3n) is 8.85. The molecule has 0 aliphatic carbocycles. The zero-order chi connectivity index (χ0) is 40.1. The Morgan fingerprint density at radius 3 is 1.18 bits per heavy atom. The molecule has 55 heavy (non-hydrogen) atoms. The van der Waals surface area contributed by atoms with Crippen LogP contribution in [0.5, 0.6) is 0 Å². The first-order valence-electron chi connectivity index (χ1n) is 22.1. The van der Waals surface area contributed by atoms with Crippen molar-refractivity contribution in [3.8, 4) is 0 Å². The Kier molecular flexibility index (Phi) is 40.6. The monoisotopic (exact) mass is 765 g/mol. The number of hydrogen-bond donors (Lipinski definition) is 0. The standard InChI is InChI=1S/C49H80O6/c1-4-7-10-13-16-19-22-23-24-25-26-27-28-31-33-36-39-42-48(51)54-45-46(55-49(52)43-40-37-34-30-21-18-15-12-9-6-3)44-53-47(50)41-38-35-32-29-20-17-14-11-8-5-2/h7,10,14-19,23-24,26-27,31,33,46H,4-6,8-9,11-13,20-22,25,28-30,32,34-45H2,1-3H3/b10-7-,17-14-,18-15-,19-16-,24-23-,27-26-,33-31-. The highest BCUT2D eigenvalue weighted by atomic mass is 16.6. The van der Waals surface area contributed by atoms with Crippen molar-refractivity contribution in [2.45, 2.75) is 194 Å². The molecule has 0 saturated heterocycles. The average molecular weight is 765 g/mol. The molecule has 0 spiro atoms. The average Bonchev–Trinajstić information content (AvgIpc) is 3.18. The number of hydrogen-bond acceptors (Lipinski definition) is 6. The predicted molar refractivity (Wildman–Crippen MR) is 233 cm³/mol. The summed E-state index contributed by atoms with van der Waals surface area (Å²) in [6.45, 7) is 6.33. The Balaban J connectivity index is 4.48. The van der Waals surface area contributed by atoms with Crippen LogP contribution in [0, 0.1) is 0 Å². The minimum absolute atomic E-state index is 0.106. The summed E-state index contributed by atoms with van der Waals surface area (Å²) in [6.07, 6.45) is 54.3. The van der Waals surface area contributed by atoms with Gasteiger partial charge in [0.25, 0.3) is 0 Å². The number of ether oxygens (including phenoxy) is 3. The summed E-state index contributed by atoms with van der Waals surface area (Å²) in [4.78, 5) is 37.6. The fourth-order valence-corrected chi connectivity index (χ4v) is 5.50. The second-order valence-electron chi connectivity index (χ2n) is 14.2. The van der Waals surface area contributed by atoms with E-state index in [1.807, 2.05) is 0 Å². The summed E-state index contributed by atoms with van der Waals surface area (Å²) in [5, 5.41) is 0. The Morgan fingerprint density at radius 2 is 0.727 bits per heavy atom. The molecule has 0 fully saturated rings. The van der Waals surface area contributed by atoms with Crippen LogP contribution in [0.3, 0.4) is 0 Å². The number of unbranched alkanes of at least 4 members (excludes halogenated alkanes) is 13. The van der Waals surface area contributed by atoms with Crippen molar-refractivity contribution in [3.05, 3.63) is 85.1 Å². The third-order valence-corrected chi connectivity index (χ3v) is 8.85. The highest BCUT2D eigenvalue weighted by Gasteiger charge is 2.19. The second kappa shape index (κ2) is 43.3. The molecule has 0 rings (SSSR count). The van der Waals surface area contributed by atoms with Crippen molar-refractivity contribution < 1.29 is 28.6 Å². The Hall–Kier alpha value is -3.41. The van der Waals surface area contributed by atoms with Crippen molar-refractivity contribution in [3.63, 3.8) is 0 Å². The first kappa shape index (κ1) is 51.6. The second-order valence-corrected chi connectivity index (χ2v) is 14.2. The van der Waals surface area contributed by atoms with Gasteiger partial charge in [0.05, 0.1) is 0 Å². The fraction of sp³-hybridized carbons (Fsp3) is 0.653. The molecule has 0 N–H and O–H groups in total. The normalized spacial score (nSPS) is 12.9. The summed E-state index contributed by atoms with van der Waals surface area (Å²) in [7, 11) is 0. The minimum Gasteiger partial charge on any atom is -0.462 e. The highest BCUT2D eigenvalue weighted by Crippen LogP contribution is 2.11. The van der Waals surface area contributed by atoms with Gasteiger partial charge in [0.15, 0.2) is 6.10 Å². The van der Waals surface area contributed by atoms with Crippen molar-refractivity contribution in [2.75, 3.05) is 13.2 Å². The lowest BCUT2D eigenvalue weighted by Crippen LogP contribution is -2.30. The predicted octanol–water partition coefficient (Wildman–Crippen LogP) is 14.1. The summed E-state index contributed by atoms with van der Waals surface area (Å²) < 4.78 is 16.6. The minimum atomic E-state index is -0.806. The maximum absolute atomic E-state index is 12.7. The van der Waals surface area contributed by atoms with Crippen LogP contribution >= 0.6 is 0 Å². The SMILES string of the molecule is CC/C=C\C/C=C\C/C=C\C/C=C\C/C=C\CCCC(=O)OCC(COC(=O)CCCCCC/C=C\CCCC)OC(=O)CCCCCC/C=C\CCCC. The van der Waals surface area contributed by atoms with E-state index in [4.69, 9.17) is 14.2 Å². The molecule has 0 saturated carbocycles. The van der Waals surface area contributed by atoms with Gasteiger partial charge in [-0.25, -0.2) is 0 Å². The number of esters is 3. The number of carbonyl (C=O) groups is 3. The summed E-state index contributed by atoms with van der Waals surface area (Å²) >= 11 is 0. The molecular formula is C49H80O6. The fourth-order valence-electron chi connectivity index (χ4n) is 5.50. The van der Waals surface area contributed by atoms with Gasteiger partial charge in [0, 0.05) is 19.3 Å². The van der Waals surface area contributed by atoms with Crippen molar-refractivity contribution >= 4 is 17.9 Å². The Morgan fingerprint density at radius 1 is 0.382 bits per heavy atom. The van der Waals surface area contributed by atoms with Crippen LogP contribution in [-0.4, -0.2) is 37.2 Å². The van der Waals surface area contributed by atoms with E-state index >= 15 is 0 Å². The van der Waals surface area contributed by atoms with E-state index in [1.54, 1.807) is 0 Å². The molecule has 1 unspecified atom stereocenters. The molecule has 0 aromatic carbocycles. The highest BCUT2D eigenvalue weighted by molar-refractivity contribution is 5.71. The van der Waals surface area contributed by atoms with Crippen LogP contribution in [0.1, 0.15) is 188 Å². The lowest BCUT2D eigenvalue weighted by molar-refractivity contribution is -0.167. The van der Waals surface area contributed by atoms with Crippen molar-refractivity contribution in [2.24, 2.45) is 0 Å². The van der Waals surface area contributed by atoms with Crippen LogP contribution in [0.4, 0.5) is 0 Å². The first-order valence-corrected chi connectivity index (χ1v) is 22.1. The molecule has 0 aliphatic rings. The largest absolute Gasteiger partial charge is 0.462 e. The molecule has 0 heterocycles. The van der Waals surface area contributed by atoms with E-state index in [2.05, 4.69) is 106 Å². The topological polar surface area (TPSA) is 78.9 Å². The Labute approximate surface area is 337 Å². The molecule has 0 aromatic rings. The number of carbonyl (C=O) groups excluding carboxylic acids is 3. The summed E-state index contributed by atoms with van der Waals surface area (Å²) in [5.41, 5.74) is 0. The maximum atomic E-state index is 12.7. The molecular weight excluding hydrogens is 685 g/mol. The van der Waals surface area contributed by atoms with E-state index in [1.165, 1.54) is 25.7 Å². The third kappa shape index (κ3) is 41.6. The Bertz CT molecular complexity index is 1110. The molecule has 0 aliphatic heterocycles. The van der Waals surface area contributed by atoms with Gasteiger partial charge in [-0.15, -0.1) is 0 Å². The van der Waals surface area contributed by atoms with Gasteiger partial charge in [-0.3, -0.25) is 14.4 Å². The van der Waals surface area contributed by atoms with Crippen LogP contribution in [0.2, 0.25) is 0 Å². The van der Waals surface area contributed by atoms with Gasteiger partial charge in [0.2, 0.25) is 0 Å². The van der Waals surface area contributed by atoms with Crippen LogP contribution in [0.25, 0.3) is 0 Å². The number of rotatable bonds is 38. The van der Waals surface area contributed by atoms with E-state index in [-0.39, 0.29) is 37.5 Å². The van der Waals surface area contributed by atoms with Crippen molar-refractivity contribution in [1.82, 2.24) is 0 Å². The summed E-state index contributed by atoms with van der Waals surface area (Å²) in [5.74, 6) is -1.00. The summed E-state index contributed by atoms with van der Waals surface area (Å²) in [6, 6.07) is 0. The van der Waals surface area contributed by atoms with Gasteiger partial charge >= 0.3 is 17.9 Å². The lowest BCUT2D eigenvalue weighted by Gasteiger charge is -2.18. The lowest BCUT2D eigenvalue weighted by atomic mass is 10.1. The van der Waals surface area contributed by atoms with E-state index in [0.29, 0.717) is 19.3 Å². The van der Waals surface area contributed by atoms with Gasteiger partial charge in [-0.05, 0) is 96.3 Å². The molecule has 0 radical (unpaired) electrons. The zero-order valence-corrected chi connectivity index (χ0v) is 35.4. The molecule has 0 aromatic heterocycles. The quantitative estimate of drug-likeness (QED) is 0.0270. The van der Waals surface area contributed by atoms with E-state index in [0.717, 1.165) is 116 Å². The van der Waals surface area contributed by atoms with Crippen LogP contribution in [-0.2, 0) is 28.6 Å². The first-order chi connectivity index (χ1) is 27.0. The molecule has 0 bridgehead atoms. The van der Waals surface area contributed by atoms with E-state index < -0.39 is 6.10 Å².